The second-order valence-corrected chi connectivity index (χ2v) is 6.63. The first kappa shape index (κ1) is 15.5. The molecular formula is C17H23NO3. The third-order valence-electron chi connectivity index (χ3n) is 3.59. The molecule has 1 aromatic carbocycles. The van der Waals surface area contributed by atoms with Gasteiger partial charge in [-0.15, -0.1) is 0 Å². The van der Waals surface area contributed by atoms with Crippen molar-refractivity contribution in [2.75, 3.05) is 6.54 Å². The molecule has 0 spiro atoms. The molecule has 1 atom stereocenters. The van der Waals surface area contributed by atoms with E-state index in [1.165, 1.54) is 10.5 Å². The number of hydrogen-bond acceptors (Lipinski definition) is 3. The maximum atomic E-state index is 12.2. The lowest BCUT2D eigenvalue weighted by atomic mass is 9.89. The first-order valence-electron chi connectivity index (χ1n) is 7.36. The van der Waals surface area contributed by atoms with Gasteiger partial charge < -0.3 is 4.74 Å². The van der Waals surface area contributed by atoms with Crippen molar-refractivity contribution in [3.8, 4) is 0 Å². The topological polar surface area (TPSA) is 46.6 Å². The lowest BCUT2D eigenvalue weighted by molar-refractivity contribution is -0.132. The number of carbonyl (C=O) groups excluding carboxylic acids is 2. The Bertz CT molecular complexity index is 528. The summed E-state index contributed by atoms with van der Waals surface area (Å²) in [4.78, 5) is 25.4. The highest BCUT2D eigenvalue weighted by molar-refractivity contribution is 5.93. The zero-order valence-corrected chi connectivity index (χ0v) is 13.2. The summed E-state index contributed by atoms with van der Waals surface area (Å²) in [7, 11) is 0. The molecule has 1 unspecified atom stereocenters. The number of amides is 2. The monoisotopic (exact) mass is 289 g/mol. The van der Waals surface area contributed by atoms with Gasteiger partial charge in [0.25, 0.3) is 0 Å². The van der Waals surface area contributed by atoms with Crippen molar-refractivity contribution in [2.24, 2.45) is 0 Å². The Labute approximate surface area is 126 Å². The molecule has 1 aliphatic heterocycles. The van der Waals surface area contributed by atoms with Crippen LogP contribution >= 0.6 is 0 Å². The van der Waals surface area contributed by atoms with Crippen LogP contribution in [0.15, 0.2) is 24.3 Å². The quantitative estimate of drug-likeness (QED) is 0.793. The number of nitrogens with zero attached hydrogens (tertiary/aromatic N) is 1. The molecule has 0 saturated carbocycles. The van der Waals surface area contributed by atoms with Crippen molar-refractivity contribution in [1.29, 1.82) is 0 Å². The van der Waals surface area contributed by atoms with Crippen LogP contribution in [0.3, 0.4) is 0 Å². The third kappa shape index (κ3) is 4.06. The molecule has 2 rings (SSSR count). The predicted molar refractivity (Wildman–Crippen MR) is 81.1 cm³/mol. The molecule has 0 radical (unpaired) electrons. The van der Waals surface area contributed by atoms with Gasteiger partial charge in [-0.05, 0) is 45.6 Å². The van der Waals surface area contributed by atoms with Crippen molar-refractivity contribution in [1.82, 2.24) is 4.90 Å². The van der Waals surface area contributed by atoms with E-state index >= 15 is 0 Å². The largest absolute Gasteiger partial charge is 0.443 e. The Balaban J connectivity index is 2.00. The molecule has 0 N–H and O–H groups in total. The zero-order valence-electron chi connectivity index (χ0n) is 13.2. The van der Waals surface area contributed by atoms with E-state index in [1.54, 1.807) is 20.8 Å². The summed E-state index contributed by atoms with van der Waals surface area (Å²) in [6, 6.07) is 8.24. The molecule has 4 heteroatoms. The number of piperidine rings is 1. The second kappa shape index (κ2) is 5.88. The highest BCUT2D eigenvalue weighted by Gasteiger charge is 2.33. The van der Waals surface area contributed by atoms with Gasteiger partial charge in [-0.1, -0.05) is 29.8 Å². The summed E-state index contributed by atoms with van der Waals surface area (Å²) >= 11 is 0. The molecule has 0 bridgehead atoms. The smallest absolute Gasteiger partial charge is 0.417 e. The van der Waals surface area contributed by atoms with Crippen molar-refractivity contribution >= 4 is 12.0 Å². The van der Waals surface area contributed by atoms with Gasteiger partial charge in [0, 0.05) is 13.0 Å². The molecule has 1 fully saturated rings. The number of carbonyl (C=O) groups is 2. The molecule has 1 heterocycles. The standard InChI is InChI=1S/C17H23NO3/c1-12-5-7-13(8-6-12)14-9-10-18(15(19)11-14)16(20)21-17(2,3)4/h5-8,14H,9-11H2,1-4H3. The minimum atomic E-state index is -0.578. The number of benzene rings is 1. The lowest BCUT2D eigenvalue weighted by Crippen LogP contribution is -2.44. The van der Waals surface area contributed by atoms with Gasteiger partial charge >= 0.3 is 6.09 Å². The van der Waals surface area contributed by atoms with Crippen molar-refractivity contribution in [2.45, 2.75) is 52.1 Å². The summed E-state index contributed by atoms with van der Waals surface area (Å²) in [5.74, 6) is 0.0397. The van der Waals surface area contributed by atoms with Crippen LogP contribution in [0.4, 0.5) is 4.79 Å². The lowest BCUT2D eigenvalue weighted by Gasteiger charge is -2.32. The normalized spacial score (nSPS) is 19.5. The SMILES string of the molecule is Cc1ccc(C2CCN(C(=O)OC(C)(C)C)C(=O)C2)cc1. The number of imide groups is 1. The van der Waals surface area contributed by atoms with Crippen LogP contribution in [0, 0.1) is 6.92 Å². The van der Waals surface area contributed by atoms with Crippen molar-refractivity contribution in [3.05, 3.63) is 35.4 Å². The molecule has 2 amide bonds. The second-order valence-electron chi connectivity index (χ2n) is 6.63. The fourth-order valence-corrected chi connectivity index (χ4v) is 2.47. The van der Waals surface area contributed by atoms with Crippen LogP contribution < -0.4 is 0 Å². The van der Waals surface area contributed by atoms with Gasteiger partial charge in [-0.2, -0.15) is 0 Å². The van der Waals surface area contributed by atoms with Crippen LogP contribution in [0.1, 0.15) is 50.7 Å². The van der Waals surface area contributed by atoms with Crippen LogP contribution in [0.25, 0.3) is 0 Å². The highest BCUT2D eigenvalue weighted by atomic mass is 16.6. The Morgan fingerprint density at radius 2 is 1.86 bits per heavy atom. The molecule has 1 aliphatic rings. The van der Waals surface area contributed by atoms with E-state index in [2.05, 4.69) is 24.3 Å². The number of aryl methyl sites for hydroxylation is 1. The number of likely N-dealkylation sites (tertiary alicyclic amines) is 1. The Morgan fingerprint density at radius 1 is 1.24 bits per heavy atom. The Hall–Kier alpha value is -1.84. The molecule has 1 aromatic rings. The third-order valence-corrected chi connectivity index (χ3v) is 3.59. The van der Waals surface area contributed by atoms with Crippen LogP contribution in [-0.2, 0) is 9.53 Å². The first-order chi connectivity index (χ1) is 9.76. The average molecular weight is 289 g/mol. The number of rotatable bonds is 1. The summed E-state index contributed by atoms with van der Waals surface area (Å²) in [6.45, 7) is 7.86. The Kier molecular flexibility index (Phi) is 4.35. The van der Waals surface area contributed by atoms with E-state index in [0.717, 1.165) is 12.0 Å². The fourth-order valence-electron chi connectivity index (χ4n) is 2.47. The summed E-state index contributed by atoms with van der Waals surface area (Å²) in [5.41, 5.74) is 1.79. The van der Waals surface area contributed by atoms with Gasteiger partial charge in [0.15, 0.2) is 0 Å². The van der Waals surface area contributed by atoms with Gasteiger partial charge in [0.2, 0.25) is 5.91 Å². The molecule has 4 nitrogen and oxygen atoms in total. The van der Waals surface area contributed by atoms with E-state index in [0.29, 0.717) is 13.0 Å². The summed E-state index contributed by atoms with van der Waals surface area (Å²) in [5, 5.41) is 0. The van der Waals surface area contributed by atoms with E-state index in [-0.39, 0.29) is 11.8 Å². The Morgan fingerprint density at radius 3 is 2.38 bits per heavy atom. The molecule has 0 aliphatic carbocycles. The minimum Gasteiger partial charge on any atom is -0.443 e. The maximum absolute atomic E-state index is 12.2. The van der Waals surface area contributed by atoms with E-state index in [9.17, 15) is 9.59 Å². The van der Waals surface area contributed by atoms with E-state index in [4.69, 9.17) is 4.74 Å². The average Bonchev–Trinajstić information content (AvgIpc) is 2.37. The summed E-state index contributed by atoms with van der Waals surface area (Å²) < 4.78 is 5.27. The fraction of sp³-hybridized carbons (Fsp3) is 0.529. The number of hydrogen-bond donors (Lipinski definition) is 0. The van der Waals surface area contributed by atoms with Crippen LogP contribution in [0.2, 0.25) is 0 Å². The highest BCUT2D eigenvalue weighted by Crippen LogP contribution is 2.29. The maximum Gasteiger partial charge on any atom is 0.417 e. The molecule has 114 valence electrons. The zero-order chi connectivity index (χ0) is 15.6. The minimum absolute atomic E-state index is 0.152. The van der Waals surface area contributed by atoms with Gasteiger partial charge in [-0.25, -0.2) is 9.69 Å². The van der Waals surface area contributed by atoms with Crippen LogP contribution in [0.5, 0.6) is 0 Å². The number of ether oxygens (including phenoxy) is 1. The van der Waals surface area contributed by atoms with Crippen LogP contribution in [-0.4, -0.2) is 29.0 Å². The molecular weight excluding hydrogens is 266 g/mol. The van der Waals surface area contributed by atoms with Crippen molar-refractivity contribution in [3.63, 3.8) is 0 Å². The molecule has 0 aromatic heterocycles. The van der Waals surface area contributed by atoms with Gasteiger partial charge in [0.05, 0.1) is 0 Å². The van der Waals surface area contributed by atoms with E-state index < -0.39 is 11.7 Å². The molecule has 1 saturated heterocycles. The van der Waals surface area contributed by atoms with Crippen molar-refractivity contribution < 1.29 is 14.3 Å². The van der Waals surface area contributed by atoms with E-state index in [1.807, 2.05) is 6.92 Å². The van der Waals surface area contributed by atoms with Gasteiger partial charge in [0.1, 0.15) is 5.60 Å². The molecule has 21 heavy (non-hydrogen) atoms. The van der Waals surface area contributed by atoms with Gasteiger partial charge in [-0.3, -0.25) is 4.79 Å². The predicted octanol–water partition coefficient (Wildman–Crippen LogP) is 3.64. The summed E-state index contributed by atoms with van der Waals surface area (Å²) in [6.07, 6.45) is 0.617. The first-order valence-corrected chi connectivity index (χ1v) is 7.36.